The van der Waals surface area contributed by atoms with E-state index in [1.165, 1.54) is 6.07 Å². The number of hydrogen-bond acceptors (Lipinski definition) is 6. The summed E-state index contributed by atoms with van der Waals surface area (Å²) in [5, 5.41) is 13.5. The highest BCUT2D eigenvalue weighted by molar-refractivity contribution is 7.00. The summed E-state index contributed by atoms with van der Waals surface area (Å²) < 4.78 is 29.5. The van der Waals surface area contributed by atoms with Crippen molar-refractivity contribution in [3.63, 3.8) is 0 Å². The number of benzene rings is 4. The Kier molecular flexibility index (Phi) is 9.55. The van der Waals surface area contributed by atoms with E-state index in [1.54, 1.807) is 11.0 Å². The van der Waals surface area contributed by atoms with Crippen molar-refractivity contribution in [2.24, 2.45) is 0 Å². The van der Waals surface area contributed by atoms with E-state index >= 15 is 4.39 Å². The van der Waals surface area contributed by atoms with Crippen LogP contribution in [0.15, 0.2) is 91.0 Å². The summed E-state index contributed by atoms with van der Waals surface area (Å²) in [5.41, 5.74) is 1.21. The molecule has 2 heterocycles. The van der Waals surface area contributed by atoms with Gasteiger partial charge in [0.15, 0.2) is 5.82 Å². The zero-order valence-corrected chi connectivity index (χ0v) is 32.5. The minimum Gasteiger partial charge on any atom is -0.533 e. The maximum atomic E-state index is 16.4. The molecule has 1 saturated carbocycles. The van der Waals surface area contributed by atoms with Crippen LogP contribution in [0.4, 0.5) is 15.0 Å². The molecule has 7 rings (SSSR count). The number of carbonyl (C=O) groups excluding carboxylic acids is 1. The van der Waals surface area contributed by atoms with Gasteiger partial charge >= 0.3 is 14.4 Å². The van der Waals surface area contributed by atoms with Crippen molar-refractivity contribution in [2.75, 3.05) is 31.1 Å². The van der Waals surface area contributed by atoms with Crippen molar-refractivity contribution in [1.82, 2.24) is 15.1 Å². The first-order chi connectivity index (χ1) is 24.8. The van der Waals surface area contributed by atoms with Gasteiger partial charge in [0.25, 0.3) is 0 Å². The molecule has 7 nitrogen and oxygen atoms in total. The lowest BCUT2D eigenvalue weighted by atomic mass is 9.98. The number of aromatic nitrogens is 2. The lowest BCUT2D eigenvalue weighted by Gasteiger charge is -2.43. The van der Waals surface area contributed by atoms with Gasteiger partial charge in [0, 0.05) is 53.5 Å². The molecule has 0 spiro atoms. The van der Waals surface area contributed by atoms with Crippen molar-refractivity contribution >= 4 is 53.0 Å². The van der Waals surface area contributed by atoms with Gasteiger partial charge in [0.1, 0.15) is 17.2 Å². The highest BCUT2D eigenvalue weighted by Gasteiger charge is 2.52. The van der Waals surface area contributed by atoms with E-state index in [0.717, 1.165) is 39.7 Å². The second kappa shape index (κ2) is 13.8. The summed E-state index contributed by atoms with van der Waals surface area (Å²) in [6, 6.07) is 29.6. The molecule has 2 fully saturated rings. The van der Waals surface area contributed by atoms with Crippen molar-refractivity contribution in [3.05, 3.63) is 108 Å². The van der Waals surface area contributed by atoms with E-state index < -0.39 is 19.7 Å². The van der Waals surface area contributed by atoms with Gasteiger partial charge in [-0.15, -0.1) is 5.10 Å². The Morgan fingerprint density at radius 3 is 1.98 bits per heavy atom. The minimum atomic E-state index is -3.10. The highest BCUT2D eigenvalue weighted by atomic mass is 35.5. The Labute approximate surface area is 311 Å². The van der Waals surface area contributed by atoms with E-state index in [2.05, 4.69) is 49.9 Å². The fourth-order valence-corrected chi connectivity index (χ4v) is 12.0. The van der Waals surface area contributed by atoms with Crippen LogP contribution in [-0.4, -0.2) is 61.3 Å². The van der Waals surface area contributed by atoms with Crippen LogP contribution in [0.5, 0.6) is 5.75 Å². The summed E-state index contributed by atoms with van der Waals surface area (Å²) in [7, 11) is -3.10. The third kappa shape index (κ3) is 6.88. The molecule has 4 aromatic carbocycles. The van der Waals surface area contributed by atoms with E-state index in [4.69, 9.17) is 31.0 Å². The summed E-state index contributed by atoms with van der Waals surface area (Å²) in [6.45, 7) is 14.3. The fourth-order valence-electron chi connectivity index (χ4n) is 7.36. The SMILES string of the molecule is CC(C)(C)OC(=O)N1CCN(c2nnc(C3CC3)c3cc(-c4c(F)cccc4O[Si](c4ccccc4)(c4ccccc4)C(C)(C)C)c(Cl)cc23)CC1. The molecule has 270 valence electrons. The zero-order valence-electron chi connectivity index (χ0n) is 30.7. The number of halogens is 2. The lowest BCUT2D eigenvalue weighted by molar-refractivity contribution is 0.0240. The molecule has 0 N–H and O–H groups in total. The molecule has 0 radical (unpaired) electrons. The maximum absolute atomic E-state index is 16.4. The molecule has 0 bridgehead atoms. The van der Waals surface area contributed by atoms with Crippen LogP contribution in [0, 0.1) is 5.82 Å². The van der Waals surface area contributed by atoms with Gasteiger partial charge in [-0.25, -0.2) is 9.18 Å². The minimum absolute atomic E-state index is 0.288. The van der Waals surface area contributed by atoms with Crippen LogP contribution < -0.4 is 19.7 Å². The van der Waals surface area contributed by atoms with E-state index in [-0.39, 0.29) is 17.0 Å². The molecule has 52 heavy (non-hydrogen) atoms. The summed E-state index contributed by atoms with van der Waals surface area (Å²) >= 11 is 7.21. The van der Waals surface area contributed by atoms with Crippen LogP contribution in [0.25, 0.3) is 21.9 Å². The lowest BCUT2D eigenvalue weighted by Crippen LogP contribution is -2.68. The normalized spacial score (nSPS) is 15.5. The van der Waals surface area contributed by atoms with Crippen molar-refractivity contribution < 1.29 is 18.3 Å². The second-order valence-electron chi connectivity index (χ2n) is 15.9. The summed E-state index contributed by atoms with van der Waals surface area (Å²) in [4.78, 5) is 16.6. The maximum Gasteiger partial charge on any atom is 0.410 e. The van der Waals surface area contributed by atoms with Crippen LogP contribution in [0.2, 0.25) is 10.1 Å². The largest absolute Gasteiger partial charge is 0.533 e. The topological polar surface area (TPSA) is 67.8 Å². The molecule has 5 aromatic rings. The molecule has 1 amide bonds. The first-order valence-electron chi connectivity index (χ1n) is 18.1. The average molecular weight is 737 g/mol. The Morgan fingerprint density at radius 2 is 1.42 bits per heavy atom. The van der Waals surface area contributed by atoms with Gasteiger partial charge in [0.05, 0.1) is 11.3 Å². The number of carbonyl (C=O) groups is 1. The Morgan fingerprint density at radius 1 is 0.808 bits per heavy atom. The van der Waals surface area contributed by atoms with Gasteiger partial charge in [-0.1, -0.05) is 99.1 Å². The summed E-state index contributed by atoms with van der Waals surface area (Å²) in [5.74, 6) is 1.03. The molecule has 0 atom stereocenters. The number of fused-ring (bicyclic) bond motifs is 1. The monoisotopic (exact) mass is 736 g/mol. The van der Waals surface area contributed by atoms with Crippen molar-refractivity contribution in [3.8, 4) is 16.9 Å². The number of hydrogen-bond donors (Lipinski definition) is 0. The molecular formula is C42H46ClFN4O3Si. The van der Waals surface area contributed by atoms with Gasteiger partial charge in [-0.2, -0.15) is 5.10 Å². The zero-order chi connectivity index (χ0) is 36.8. The third-order valence-electron chi connectivity index (χ3n) is 10.00. The predicted molar refractivity (Wildman–Crippen MR) is 210 cm³/mol. The van der Waals surface area contributed by atoms with E-state index in [1.807, 2.05) is 75.4 Å². The summed E-state index contributed by atoms with van der Waals surface area (Å²) in [6.07, 6.45) is 1.73. The molecule has 1 aliphatic heterocycles. The number of nitrogens with zero attached hydrogens (tertiary/aromatic N) is 4. The standard InChI is InChI=1S/C42H46ClFN4O3Si/c1-41(2,3)50-40(49)48-24-22-47(23-25-48)39-32-27-34(43)33(26-31(32)38(45-46-39)28-20-21-28)37-35(44)18-13-19-36(37)51-52(42(4,5)6,29-14-9-7-10-15-29)30-16-11-8-12-17-30/h7-19,26-28H,20-25H2,1-6H3. The molecule has 2 aliphatic rings. The number of ether oxygens (including phenoxy) is 1. The molecule has 1 aromatic heterocycles. The molecule has 1 saturated heterocycles. The van der Waals surface area contributed by atoms with Gasteiger partial charge in [-0.05, 0) is 73.3 Å². The quantitative estimate of drug-likeness (QED) is 0.156. The Hall–Kier alpha value is -4.47. The first kappa shape index (κ1) is 35.9. The Balaban J connectivity index is 1.33. The smallest absolute Gasteiger partial charge is 0.410 e. The molecule has 0 unspecified atom stereocenters. The number of rotatable bonds is 7. The van der Waals surface area contributed by atoms with Crippen LogP contribution >= 0.6 is 11.6 Å². The number of amides is 1. The van der Waals surface area contributed by atoms with E-state index in [9.17, 15) is 4.79 Å². The average Bonchev–Trinajstić information content (AvgIpc) is 3.95. The van der Waals surface area contributed by atoms with Gasteiger partial charge < -0.3 is 19.0 Å². The van der Waals surface area contributed by atoms with Gasteiger partial charge in [-0.3, -0.25) is 0 Å². The fraction of sp³-hybridized carbons (Fsp3) is 0.357. The third-order valence-corrected chi connectivity index (χ3v) is 15.2. The Bertz CT molecular complexity index is 2050. The highest BCUT2D eigenvalue weighted by Crippen LogP contribution is 2.47. The first-order valence-corrected chi connectivity index (χ1v) is 20.4. The van der Waals surface area contributed by atoms with Crippen molar-refractivity contribution in [2.45, 2.75) is 70.9 Å². The van der Waals surface area contributed by atoms with Gasteiger partial charge in [0.2, 0.25) is 0 Å². The van der Waals surface area contributed by atoms with Crippen LogP contribution in [0.3, 0.4) is 0 Å². The van der Waals surface area contributed by atoms with E-state index in [0.29, 0.717) is 53.9 Å². The number of piperazine rings is 1. The molecular weight excluding hydrogens is 691 g/mol. The van der Waals surface area contributed by atoms with Crippen molar-refractivity contribution in [1.29, 1.82) is 0 Å². The number of anilines is 1. The predicted octanol–water partition coefficient (Wildman–Crippen LogP) is 8.96. The molecule has 1 aliphatic carbocycles. The second-order valence-corrected chi connectivity index (χ2v) is 20.5. The van der Waals surface area contributed by atoms with Crippen LogP contribution in [-0.2, 0) is 4.74 Å². The van der Waals surface area contributed by atoms with Crippen LogP contribution in [0.1, 0.15) is 66.0 Å². The molecule has 10 heteroatoms.